The number of rotatable bonds is 5. The van der Waals surface area contributed by atoms with Gasteiger partial charge < -0.3 is 5.32 Å². The average Bonchev–Trinajstić information content (AvgIpc) is 2.49. The Bertz CT molecular complexity index is 422. The van der Waals surface area contributed by atoms with Gasteiger partial charge in [0.2, 0.25) is 0 Å². The Balaban J connectivity index is 2.18. The first-order chi connectivity index (χ1) is 9.69. The lowest BCUT2D eigenvalue weighted by molar-refractivity contribution is 0.223. The Kier molecular flexibility index (Phi) is 5.53. The highest BCUT2D eigenvalue weighted by atomic mass is 15.1. The maximum atomic E-state index is 4.40. The summed E-state index contributed by atoms with van der Waals surface area (Å²) in [6.45, 7) is 6.53. The molecule has 0 radical (unpaired) electrons. The van der Waals surface area contributed by atoms with Gasteiger partial charge in [-0.3, -0.25) is 0 Å². The lowest BCUT2D eigenvalue weighted by Crippen LogP contribution is -2.30. The van der Waals surface area contributed by atoms with Gasteiger partial charge >= 0.3 is 0 Å². The molecule has 0 bridgehead atoms. The van der Waals surface area contributed by atoms with E-state index in [1.807, 2.05) is 6.92 Å². The maximum Gasteiger partial charge on any atom is 0.0676 e. The van der Waals surface area contributed by atoms with Crippen molar-refractivity contribution in [3.63, 3.8) is 0 Å². The second-order valence-electron chi connectivity index (χ2n) is 6.20. The van der Waals surface area contributed by atoms with Crippen molar-refractivity contribution in [2.24, 2.45) is 11.8 Å². The molecule has 1 aliphatic carbocycles. The van der Waals surface area contributed by atoms with Crippen molar-refractivity contribution < 1.29 is 0 Å². The van der Waals surface area contributed by atoms with Crippen molar-refractivity contribution in [3.8, 4) is 0 Å². The van der Waals surface area contributed by atoms with Gasteiger partial charge in [-0.1, -0.05) is 33.1 Å². The number of aromatic nitrogens is 2. The highest BCUT2D eigenvalue weighted by Crippen LogP contribution is 2.38. The quantitative estimate of drug-likeness (QED) is 0.887. The van der Waals surface area contributed by atoms with Crippen LogP contribution in [0.15, 0.2) is 6.07 Å². The third-order valence-electron chi connectivity index (χ3n) is 4.95. The highest BCUT2D eigenvalue weighted by Gasteiger charge is 2.28. The van der Waals surface area contributed by atoms with Crippen LogP contribution in [-0.4, -0.2) is 17.2 Å². The fraction of sp³-hybridized carbons (Fsp3) is 0.765. The van der Waals surface area contributed by atoms with Crippen LogP contribution in [0.1, 0.15) is 68.9 Å². The van der Waals surface area contributed by atoms with Crippen LogP contribution in [0.4, 0.5) is 0 Å². The summed E-state index contributed by atoms with van der Waals surface area (Å²) in [6.07, 6.45) is 7.76. The molecule has 1 aromatic rings. The van der Waals surface area contributed by atoms with Crippen molar-refractivity contribution in [3.05, 3.63) is 23.0 Å². The van der Waals surface area contributed by atoms with Crippen LogP contribution in [-0.2, 0) is 6.42 Å². The first-order valence-corrected chi connectivity index (χ1v) is 8.19. The predicted octanol–water partition coefficient (Wildman–Crippen LogP) is 3.82. The van der Waals surface area contributed by atoms with Crippen molar-refractivity contribution in [1.82, 2.24) is 15.5 Å². The third-order valence-corrected chi connectivity index (χ3v) is 4.95. The van der Waals surface area contributed by atoms with Crippen molar-refractivity contribution in [2.45, 2.75) is 65.3 Å². The summed E-state index contributed by atoms with van der Waals surface area (Å²) in [6, 6.07) is 2.68. The van der Waals surface area contributed by atoms with E-state index >= 15 is 0 Å². The van der Waals surface area contributed by atoms with Crippen molar-refractivity contribution in [2.75, 3.05) is 7.05 Å². The minimum atomic E-state index is 0.442. The molecule has 0 amide bonds. The molecule has 1 heterocycles. The van der Waals surface area contributed by atoms with E-state index in [0.29, 0.717) is 6.04 Å². The highest BCUT2D eigenvalue weighted by molar-refractivity contribution is 5.25. The molecule has 3 nitrogen and oxygen atoms in total. The second kappa shape index (κ2) is 7.16. The smallest absolute Gasteiger partial charge is 0.0676 e. The number of hydrogen-bond donors (Lipinski definition) is 1. The largest absolute Gasteiger partial charge is 0.313 e. The van der Waals surface area contributed by atoms with E-state index in [2.05, 4.69) is 42.5 Å². The normalized spacial score (nSPS) is 24.6. The molecule has 1 atom stereocenters. The number of nitrogens with zero attached hydrogens (tertiary/aromatic N) is 2. The molecule has 0 aliphatic heterocycles. The first-order valence-electron chi connectivity index (χ1n) is 8.19. The fourth-order valence-corrected chi connectivity index (χ4v) is 3.65. The molecular weight excluding hydrogens is 246 g/mol. The fourth-order valence-electron chi connectivity index (χ4n) is 3.65. The van der Waals surface area contributed by atoms with E-state index in [1.165, 1.54) is 37.7 Å². The van der Waals surface area contributed by atoms with Crippen LogP contribution in [0.3, 0.4) is 0 Å². The van der Waals surface area contributed by atoms with Crippen LogP contribution >= 0.6 is 0 Å². The van der Waals surface area contributed by atoms with Gasteiger partial charge in [-0.25, -0.2) is 0 Å². The van der Waals surface area contributed by atoms with Gasteiger partial charge in [-0.15, -0.1) is 0 Å². The van der Waals surface area contributed by atoms with Crippen LogP contribution in [0.25, 0.3) is 0 Å². The molecule has 0 spiro atoms. The molecule has 1 fully saturated rings. The molecule has 112 valence electrons. The molecule has 1 saturated carbocycles. The minimum Gasteiger partial charge on any atom is -0.313 e. The number of aryl methyl sites for hydroxylation is 2. The summed E-state index contributed by atoms with van der Waals surface area (Å²) in [4.78, 5) is 0. The van der Waals surface area contributed by atoms with Crippen LogP contribution in [0.5, 0.6) is 0 Å². The van der Waals surface area contributed by atoms with E-state index < -0.39 is 0 Å². The Morgan fingerprint density at radius 3 is 2.45 bits per heavy atom. The maximum absolute atomic E-state index is 4.40. The zero-order chi connectivity index (χ0) is 14.5. The molecular formula is C17H29N3. The van der Waals surface area contributed by atoms with Crippen molar-refractivity contribution in [1.29, 1.82) is 0 Å². The van der Waals surface area contributed by atoms with Crippen LogP contribution < -0.4 is 5.32 Å². The van der Waals surface area contributed by atoms with Gasteiger partial charge in [0, 0.05) is 6.04 Å². The van der Waals surface area contributed by atoms with E-state index in [0.717, 1.165) is 29.6 Å². The molecule has 3 heteroatoms. The minimum absolute atomic E-state index is 0.442. The molecule has 0 aromatic carbocycles. The molecule has 1 aliphatic rings. The summed E-state index contributed by atoms with van der Waals surface area (Å²) in [7, 11) is 2.09. The Hall–Kier alpha value is -0.960. The van der Waals surface area contributed by atoms with Gasteiger partial charge in [0.05, 0.1) is 11.4 Å². The van der Waals surface area contributed by atoms with Gasteiger partial charge in [0.15, 0.2) is 0 Å². The summed E-state index contributed by atoms with van der Waals surface area (Å²) in [5.74, 6) is 1.70. The zero-order valence-electron chi connectivity index (χ0n) is 13.4. The zero-order valence-corrected chi connectivity index (χ0v) is 13.4. The molecule has 2 rings (SSSR count). The predicted molar refractivity (Wildman–Crippen MR) is 83.7 cm³/mol. The topological polar surface area (TPSA) is 37.8 Å². The lowest BCUT2D eigenvalue weighted by atomic mass is 9.75. The lowest BCUT2D eigenvalue weighted by Gasteiger charge is -2.34. The van der Waals surface area contributed by atoms with Crippen LogP contribution in [0.2, 0.25) is 0 Å². The summed E-state index contributed by atoms with van der Waals surface area (Å²) < 4.78 is 0. The van der Waals surface area contributed by atoms with Gasteiger partial charge in [0.1, 0.15) is 0 Å². The Morgan fingerprint density at radius 1 is 1.20 bits per heavy atom. The molecule has 20 heavy (non-hydrogen) atoms. The number of hydrogen-bond acceptors (Lipinski definition) is 3. The summed E-state index contributed by atoms with van der Waals surface area (Å²) >= 11 is 0. The Labute approximate surface area is 123 Å². The second-order valence-corrected chi connectivity index (χ2v) is 6.20. The molecule has 1 N–H and O–H groups in total. The molecule has 1 aromatic heterocycles. The van der Waals surface area contributed by atoms with Crippen molar-refractivity contribution >= 4 is 0 Å². The van der Waals surface area contributed by atoms with E-state index in [4.69, 9.17) is 0 Å². The SMILES string of the molecule is CCc1nnc(C)cc1C(NC)C1CCC(CC)CC1. The number of nitrogens with one attached hydrogen (secondary N) is 1. The van der Waals surface area contributed by atoms with Gasteiger partial charge in [-0.05, 0) is 56.7 Å². The van der Waals surface area contributed by atoms with Gasteiger partial charge in [-0.2, -0.15) is 10.2 Å². The van der Waals surface area contributed by atoms with Crippen LogP contribution in [0, 0.1) is 18.8 Å². The standard InChI is InChI=1S/C17H29N3/c1-5-13-7-9-14(10-8-13)17(18-4)15-11-12(3)19-20-16(15)6-2/h11,13-14,17-18H,5-10H2,1-4H3. The van der Waals surface area contributed by atoms with E-state index in [-0.39, 0.29) is 0 Å². The molecule has 0 saturated heterocycles. The summed E-state index contributed by atoms with van der Waals surface area (Å²) in [5.41, 5.74) is 3.56. The Morgan fingerprint density at radius 2 is 1.90 bits per heavy atom. The monoisotopic (exact) mass is 275 g/mol. The summed E-state index contributed by atoms with van der Waals surface area (Å²) in [5, 5.41) is 12.2. The van der Waals surface area contributed by atoms with E-state index in [9.17, 15) is 0 Å². The average molecular weight is 275 g/mol. The van der Waals surface area contributed by atoms with Gasteiger partial charge in [0.25, 0.3) is 0 Å². The first kappa shape index (κ1) is 15.4. The molecule has 1 unspecified atom stereocenters. The third kappa shape index (κ3) is 3.38. The van der Waals surface area contributed by atoms with E-state index in [1.54, 1.807) is 0 Å².